The second kappa shape index (κ2) is 8.32. The molecule has 1 saturated heterocycles. The van der Waals surface area contributed by atoms with Crippen LogP contribution >= 0.6 is 11.6 Å². The number of rotatable bonds is 6. The molecule has 1 aliphatic rings. The Morgan fingerprint density at radius 1 is 1.15 bits per heavy atom. The largest absolute Gasteiger partial charge is 0.497 e. The zero-order valence-corrected chi connectivity index (χ0v) is 15.7. The van der Waals surface area contributed by atoms with E-state index in [1.807, 2.05) is 35.2 Å². The highest BCUT2D eigenvalue weighted by Gasteiger charge is 2.32. The van der Waals surface area contributed by atoms with Crippen LogP contribution in [0, 0.1) is 0 Å². The van der Waals surface area contributed by atoms with Gasteiger partial charge in [0.1, 0.15) is 17.2 Å². The van der Waals surface area contributed by atoms with Crippen LogP contribution in [0.1, 0.15) is 24.4 Å². The van der Waals surface area contributed by atoms with E-state index >= 15 is 0 Å². The zero-order valence-electron chi connectivity index (χ0n) is 14.9. The van der Waals surface area contributed by atoms with Crippen LogP contribution in [0.4, 0.5) is 0 Å². The van der Waals surface area contributed by atoms with Crippen molar-refractivity contribution in [2.75, 3.05) is 27.4 Å². The number of carbonyl (C=O) groups is 1. The summed E-state index contributed by atoms with van der Waals surface area (Å²) in [4.78, 5) is 14.6. The van der Waals surface area contributed by atoms with Crippen molar-refractivity contribution in [2.24, 2.45) is 0 Å². The fraction of sp³-hybridized carbons (Fsp3) is 0.350. The monoisotopic (exact) mass is 375 g/mol. The second-order valence-electron chi connectivity index (χ2n) is 6.07. The molecule has 0 spiro atoms. The lowest BCUT2D eigenvalue weighted by Crippen LogP contribution is -2.34. The van der Waals surface area contributed by atoms with Gasteiger partial charge >= 0.3 is 0 Å². The minimum absolute atomic E-state index is 0.0491. The molecule has 26 heavy (non-hydrogen) atoms. The van der Waals surface area contributed by atoms with Gasteiger partial charge in [0.25, 0.3) is 5.91 Å². The maximum absolute atomic E-state index is 12.8. The Morgan fingerprint density at radius 3 is 2.69 bits per heavy atom. The number of benzene rings is 2. The van der Waals surface area contributed by atoms with Gasteiger partial charge in [-0.1, -0.05) is 23.7 Å². The fourth-order valence-corrected chi connectivity index (χ4v) is 3.46. The molecule has 0 N–H and O–H groups in total. The molecule has 1 atom stereocenters. The van der Waals surface area contributed by atoms with Gasteiger partial charge in [0, 0.05) is 12.1 Å². The zero-order chi connectivity index (χ0) is 18.5. The highest BCUT2D eigenvalue weighted by atomic mass is 35.5. The molecule has 1 heterocycles. The molecule has 0 radical (unpaired) electrons. The van der Waals surface area contributed by atoms with E-state index in [2.05, 4.69) is 0 Å². The predicted molar refractivity (Wildman–Crippen MR) is 100 cm³/mol. The Morgan fingerprint density at radius 2 is 1.96 bits per heavy atom. The standard InChI is InChI=1S/C20H22ClNO4/c1-24-14-9-10-18(25-2)15(12-14)17-7-5-11-22(17)20(23)13-26-19-8-4-3-6-16(19)21/h3-4,6,8-10,12,17H,5,7,11,13H2,1-2H3. The quantitative estimate of drug-likeness (QED) is 0.762. The molecule has 0 bridgehead atoms. The highest BCUT2D eigenvalue weighted by molar-refractivity contribution is 6.32. The minimum Gasteiger partial charge on any atom is -0.497 e. The summed E-state index contributed by atoms with van der Waals surface area (Å²) in [6.45, 7) is 0.641. The molecule has 5 nitrogen and oxygen atoms in total. The molecule has 1 unspecified atom stereocenters. The average molecular weight is 376 g/mol. The number of carbonyl (C=O) groups excluding carboxylic acids is 1. The molecule has 6 heteroatoms. The van der Waals surface area contributed by atoms with Crippen molar-refractivity contribution in [3.05, 3.63) is 53.1 Å². The summed E-state index contributed by atoms with van der Waals surface area (Å²) in [5, 5.41) is 0.493. The number of amides is 1. The lowest BCUT2D eigenvalue weighted by atomic mass is 10.0. The van der Waals surface area contributed by atoms with E-state index in [0.717, 1.165) is 29.9 Å². The summed E-state index contributed by atoms with van der Waals surface area (Å²) in [7, 11) is 3.26. The van der Waals surface area contributed by atoms with Crippen LogP contribution < -0.4 is 14.2 Å². The molecule has 2 aromatic carbocycles. The molecule has 0 aliphatic carbocycles. The maximum atomic E-state index is 12.8. The number of likely N-dealkylation sites (tertiary alicyclic amines) is 1. The molecule has 0 aromatic heterocycles. The number of methoxy groups -OCH3 is 2. The van der Waals surface area contributed by atoms with Crippen molar-refractivity contribution in [1.82, 2.24) is 4.90 Å². The molecular weight excluding hydrogens is 354 g/mol. The van der Waals surface area contributed by atoms with Crippen LogP contribution in [0.25, 0.3) is 0 Å². The van der Waals surface area contributed by atoms with Crippen molar-refractivity contribution in [2.45, 2.75) is 18.9 Å². The third kappa shape index (κ3) is 3.88. The van der Waals surface area contributed by atoms with E-state index < -0.39 is 0 Å². The molecule has 1 aliphatic heterocycles. The normalized spacial score (nSPS) is 16.4. The highest BCUT2D eigenvalue weighted by Crippen LogP contribution is 2.39. The third-order valence-electron chi connectivity index (χ3n) is 4.56. The van der Waals surface area contributed by atoms with Crippen molar-refractivity contribution in [1.29, 1.82) is 0 Å². The van der Waals surface area contributed by atoms with E-state index in [9.17, 15) is 4.79 Å². The molecule has 1 fully saturated rings. The molecule has 138 valence electrons. The molecule has 3 rings (SSSR count). The van der Waals surface area contributed by atoms with E-state index in [-0.39, 0.29) is 18.6 Å². The number of hydrogen-bond donors (Lipinski definition) is 0. The second-order valence-corrected chi connectivity index (χ2v) is 6.48. The Hall–Kier alpha value is -2.40. The summed E-state index contributed by atoms with van der Waals surface area (Å²) < 4.78 is 16.4. The van der Waals surface area contributed by atoms with Crippen molar-refractivity contribution in [3.8, 4) is 17.2 Å². The van der Waals surface area contributed by atoms with E-state index in [4.69, 9.17) is 25.8 Å². The number of halogens is 1. The Bertz CT molecular complexity index is 780. The van der Waals surface area contributed by atoms with Crippen molar-refractivity contribution in [3.63, 3.8) is 0 Å². The summed E-state index contributed by atoms with van der Waals surface area (Å²) in [5.74, 6) is 1.93. The summed E-state index contributed by atoms with van der Waals surface area (Å²) in [5.41, 5.74) is 0.954. The van der Waals surface area contributed by atoms with Gasteiger partial charge in [0.2, 0.25) is 0 Å². The van der Waals surface area contributed by atoms with Crippen molar-refractivity contribution < 1.29 is 19.0 Å². The van der Waals surface area contributed by atoms with Gasteiger partial charge in [0.05, 0.1) is 25.3 Å². The number of ether oxygens (including phenoxy) is 3. The summed E-state index contributed by atoms with van der Waals surface area (Å²) in [6.07, 6.45) is 1.81. The first-order chi connectivity index (χ1) is 12.6. The fourth-order valence-electron chi connectivity index (χ4n) is 3.27. The van der Waals surface area contributed by atoms with Gasteiger partial charge < -0.3 is 19.1 Å². The average Bonchev–Trinajstić information content (AvgIpc) is 3.16. The molecular formula is C20H22ClNO4. The van der Waals surface area contributed by atoms with E-state index in [1.54, 1.807) is 26.4 Å². The van der Waals surface area contributed by atoms with E-state index in [1.165, 1.54) is 0 Å². The lowest BCUT2D eigenvalue weighted by molar-refractivity contribution is -0.134. The van der Waals surface area contributed by atoms with Gasteiger partial charge in [0.15, 0.2) is 6.61 Å². The first-order valence-electron chi connectivity index (χ1n) is 8.52. The summed E-state index contributed by atoms with van der Waals surface area (Å²) in [6, 6.07) is 12.7. The molecule has 1 amide bonds. The Labute approximate surface area is 158 Å². The number of nitrogens with zero attached hydrogens (tertiary/aromatic N) is 1. The van der Waals surface area contributed by atoms with Gasteiger partial charge in [-0.05, 0) is 43.2 Å². The Balaban J connectivity index is 1.75. The first-order valence-corrected chi connectivity index (χ1v) is 8.90. The summed E-state index contributed by atoms with van der Waals surface area (Å²) >= 11 is 6.08. The molecule has 2 aromatic rings. The van der Waals surface area contributed by atoms with E-state index in [0.29, 0.717) is 17.3 Å². The van der Waals surface area contributed by atoms with Gasteiger partial charge in [-0.2, -0.15) is 0 Å². The Kier molecular flexibility index (Phi) is 5.89. The maximum Gasteiger partial charge on any atom is 0.261 e. The predicted octanol–water partition coefficient (Wildman–Crippen LogP) is 4.10. The van der Waals surface area contributed by atoms with Crippen molar-refractivity contribution >= 4 is 17.5 Å². The van der Waals surface area contributed by atoms with Crippen LogP contribution in [-0.4, -0.2) is 38.2 Å². The van der Waals surface area contributed by atoms with Crippen LogP contribution in [0.3, 0.4) is 0 Å². The topological polar surface area (TPSA) is 48.0 Å². The minimum atomic E-state index is -0.0720. The molecule has 0 saturated carbocycles. The third-order valence-corrected chi connectivity index (χ3v) is 4.87. The smallest absolute Gasteiger partial charge is 0.261 e. The lowest BCUT2D eigenvalue weighted by Gasteiger charge is -2.26. The van der Waals surface area contributed by atoms with Crippen LogP contribution in [0.2, 0.25) is 5.02 Å². The first kappa shape index (κ1) is 18.4. The SMILES string of the molecule is COc1ccc(OC)c(C2CCCN2C(=O)COc2ccccc2Cl)c1. The van der Waals surface area contributed by atoms with Gasteiger partial charge in [-0.15, -0.1) is 0 Å². The van der Waals surface area contributed by atoms with Gasteiger partial charge in [-0.3, -0.25) is 4.79 Å². The number of para-hydroxylation sites is 1. The van der Waals surface area contributed by atoms with Crippen LogP contribution in [0.5, 0.6) is 17.2 Å². The van der Waals surface area contributed by atoms with Crippen LogP contribution in [0.15, 0.2) is 42.5 Å². The van der Waals surface area contributed by atoms with Gasteiger partial charge in [-0.25, -0.2) is 0 Å². The number of hydrogen-bond acceptors (Lipinski definition) is 4. The van der Waals surface area contributed by atoms with Crippen LogP contribution in [-0.2, 0) is 4.79 Å².